The molecule has 0 saturated heterocycles. The summed E-state index contributed by atoms with van der Waals surface area (Å²) in [4.78, 5) is 12.0. The van der Waals surface area contributed by atoms with E-state index in [1.165, 1.54) is 0 Å². The second kappa shape index (κ2) is 5.74. The fourth-order valence-corrected chi connectivity index (χ4v) is 1.58. The Morgan fingerprint density at radius 2 is 2.06 bits per heavy atom. The lowest BCUT2D eigenvalue weighted by molar-refractivity contribution is 0.0939. The summed E-state index contributed by atoms with van der Waals surface area (Å²) in [7, 11) is 0. The Morgan fingerprint density at radius 3 is 2.65 bits per heavy atom. The summed E-state index contributed by atoms with van der Waals surface area (Å²) in [5, 5.41) is 3.48. The molecule has 1 N–H and O–H groups in total. The SMILES string of the molecule is Cc1c(Cl)cccc1C(=O)NCC(C)(C)CCl. The first-order chi connectivity index (χ1) is 7.87. The highest BCUT2D eigenvalue weighted by Crippen LogP contribution is 2.19. The number of nitrogens with one attached hydrogen (secondary N) is 1. The predicted molar refractivity (Wildman–Crippen MR) is 73.0 cm³/mol. The molecule has 0 radical (unpaired) electrons. The van der Waals surface area contributed by atoms with Gasteiger partial charge in [-0.2, -0.15) is 0 Å². The van der Waals surface area contributed by atoms with Crippen LogP contribution in [0.4, 0.5) is 0 Å². The standard InChI is InChI=1S/C13H17Cl2NO/c1-9-10(5-4-6-11(9)15)12(17)16-8-13(2,3)7-14/h4-6H,7-8H2,1-3H3,(H,16,17). The number of alkyl halides is 1. The third kappa shape index (κ3) is 3.90. The van der Waals surface area contributed by atoms with Gasteiger partial charge in [-0.25, -0.2) is 0 Å². The van der Waals surface area contributed by atoms with Crippen molar-refractivity contribution < 1.29 is 4.79 Å². The number of carbonyl (C=O) groups excluding carboxylic acids is 1. The fourth-order valence-electron chi connectivity index (χ4n) is 1.32. The van der Waals surface area contributed by atoms with Crippen LogP contribution in [0, 0.1) is 12.3 Å². The van der Waals surface area contributed by atoms with Gasteiger partial charge in [-0.05, 0) is 30.0 Å². The maximum Gasteiger partial charge on any atom is 0.251 e. The summed E-state index contributed by atoms with van der Waals surface area (Å²) in [6, 6.07) is 5.32. The van der Waals surface area contributed by atoms with Gasteiger partial charge < -0.3 is 5.32 Å². The minimum Gasteiger partial charge on any atom is -0.351 e. The first-order valence-electron chi connectivity index (χ1n) is 5.47. The molecule has 2 nitrogen and oxygen atoms in total. The highest BCUT2D eigenvalue weighted by molar-refractivity contribution is 6.31. The Morgan fingerprint density at radius 1 is 1.41 bits per heavy atom. The van der Waals surface area contributed by atoms with E-state index in [4.69, 9.17) is 23.2 Å². The number of rotatable bonds is 4. The topological polar surface area (TPSA) is 29.1 Å². The van der Waals surface area contributed by atoms with E-state index < -0.39 is 0 Å². The maximum atomic E-state index is 12.0. The van der Waals surface area contributed by atoms with Crippen LogP contribution >= 0.6 is 23.2 Å². The largest absolute Gasteiger partial charge is 0.351 e. The Balaban J connectivity index is 2.74. The van der Waals surface area contributed by atoms with E-state index in [2.05, 4.69) is 5.32 Å². The fraction of sp³-hybridized carbons (Fsp3) is 0.462. The van der Waals surface area contributed by atoms with Gasteiger partial charge in [-0.1, -0.05) is 31.5 Å². The summed E-state index contributed by atoms with van der Waals surface area (Å²) < 4.78 is 0. The van der Waals surface area contributed by atoms with Gasteiger partial charge in [0.25, 0.3) is 5.91 Å². The van der Waals surface area contributed by atoms with Crippen molar-refractivity contribution in [3.8, 4) is 0 Å². The van der Waals surface area contributed by atoms with Gasteiger partial charge in [0.05, 0.1) is 0 Å². The molecule has 0 bridgehead atoms. The Labute approximate surface area is 112 Å². The molecule has 1 amide bonds. The molecule has 4 heteroatoms. The Hall–Kier alpha value is -0.730. The average Bonchev–Trinajstić information content (AvgIpc) is 2.30. The lowest BCUT2D eigenvalue weighted by Gasteiger charge is -2.21. The molecule has 0 fully saturated rings. The van der Waals surface area contributed by atoms with E-state index in [0.29, 0.717) is 23.0 Å². The molecule has 1 rings (SSSR count). The van der Waals surface area contributed by atoms with Crippen molar-refractivity contribution in [1.29, 1.82) is 0 Å². The van der Waals surface area contributed by atoms with E-state index in [0.717, 1.165) is 5.56 Å². The number of halogens is 2. The highest BCUT2D eigenvalue weighted by atomic mass is 35.5. The molecule has 1 aromatic rings. The first kappa shape index (κ1) is 14.3. The van der Waals surface area contributed by atoms with Crippen molar-refractivity contribution in [2.24, 2.45) is 5.41 Å². The summed E-state index contributed by atoms with van der Waals surface area (Å²) >= 11 is 11.8. The minimum atomic E-state index is -0.108. The average molecular weight is 274 g/mol. The van der Waals surface area contributed by atoms with Gasteiger partial charge in [0.1, 0.15) is 0 Å². The van der Waals surface area contributed by atoms with Crippen LogP contribution in [0.1, 0.15) is 29.8 Å². The molecule has 0 unspecified atom stereocenters. The van der Waals surface area contributed by atoms with E-state index >= 15 is 0 Å². The van der Waals surface area contributed by atoms with Crippen LogP contribution in [0.3, 0.4) is 0 Å². The summed E-state index contributed by atoms with van der Waals surface area (Å²) in [6.07, 6.45) is 0. The zero-order valence-electron chi connectivity index (χ0n) is 10.3. The Kier molecular flexibility index (Phi) is 4.84. The number of hydrogen-bond acceptors (Lipinski definition) is 1. The molecule has 0 aliphatic heterocycles. The molecule has 0 aliphatic rings. The molecular weight excluding hydrogens is 257 g/mol. The molecule has 0 aliphatic carbocycles. The summed E-state index contributed by atoms with van der Waals surface area (Å²) in [5.74, 6) is 0.394. The minimum absolute atomic E-state index is 0.107. The quantitative estimate of drug-likeness (QED) is 0.834. The van der Waals surface area contributed by atoms with Gasteiger partial charge in [0.15, 0.2) is 0 Å². The van der Waals surface area contributed by atoms with Crippen molar-refractivity contribution in [2.45, 2.75) is 20.8 Å². The van der Waals surface area contributed by atoms with Gasteiger partial charge in [-0.15, -0.1) is 11.6 Å². The van der Waals surface area contributed by atoms with Gasteiger partial charge in [0.2, 0.25) is 0 Å². The van der Waals surface area contributed by atoms with Crippen molar-refractivity contribution in [1.82, 2.24) is 5.32 Å². The monoisotopic (exact) mass is 273 g/mol. The second-order valence-electron chi connectivity index (χ2n) is 4.89. The Bertz CT molecular complexity index is 416. The molecule has 0 heterocycles. The molecular formula is C13H17Cl2NO. The first-order valence-corrected chi connectivity index (χ1v) is 6.38. The second-order valence-corrected chi connectivity index (χ2v) is 5.57. The smallest absolute Gasteiger partial charge is 0.251 e. The van der Waals surface area contributed by atoms with Crippen molar-refractivity contribution in [3.05, 3.63) is 34.3 Å². The molecule has 17 heavy (non-hydrogen) atoms. The lowest BCUT2D eigenvalue weighted by atomic mass is 9.96. The molecule has 0 atom stereocenters. The van der Waals surface area contributed by atoms with Crippen molar-refractivity contribution in [3.63, 3.8) is 0 Å². The van der Waals surface area contributed by atoms with Crippen LogP contribution in [0.15, 0.2) is 18.2 Å². The zero-order chi connectivity index (χ0) is 13.1. The number of benzene rings is 1. The van der Waals surface area contributed by atoms with Crippen LogP contribution < -0.4 is 5.32 Å². The van der Waals surface area contributed by atoms with Crippen molar-refractivity contribution in [2.75, 3.05) is 12.4 Å². The van der Waals surface area contributed by atoms with E-state index in [1.807, 2.05) is 20.8 Å². The number of carbonyl (C=O) groups is 1. The summed E-state index contributed by atoms with van der Waals surface area (Å²) in [5.41, 5.74) is 1.31. The van der Waals surface area contributed by atoms with Crippen LogP contribution in [0.25, 0.3) is 0 Å². The van der Waals surface area contributed by atoms with Crippen molar-refractivity contribution >= 4 is 29.1 Å². The van der Waals surface area contributed by atoms with Crippen LogP contribution in [-0.2, 0) is 0 Å². The van der Waals surface area contributed by atoms with E-state index in [9.17, 15) is 4.79 Å². The van der Waals surface area contributed by atoms with Crippen LogP contribution in [0.5, 0.6) is 0 Å². The van der Waals surface area contributed by atoms with Gasteiger partial charge in [0, 0.05) is 23.0 Å². The van der Waals surface area contributed by atoms with Crippen LogP contribution in [-0.4, -0.2) is 18.3 Å². The molecule has 0 spiro atoms. The third-order valence-electron chi connectivity index (χ3n) is 2.60. The number of amides is 1. The highest BCUT2D eigenvalue weighted by Gasteiger charge is 2.18. The van der Waals surface area contributed by atoms with Gasteiger partial charge >= 0.3 is 0 Å². The maximum absolute atomic E-state index is 12.0. The van der Waals surface area contributed by atoms with Crippen LogP contribution in [0.2, 0.25) is 5.02 Å². The van der Waals surface area contributed by atoms with Gasteiger partial charge in [-0.3, -0.25) is 4.79 Å². The normalized spacial score (nSPS) is 11.4. The van der Waals surface area contributed by atoms with E-state index in [1.54, 1.807) is 18.2 Å². The molecule has 0 saturated carbocycles. The third-order valence-corrected chi connectivity index (χ3v) is 3.73. The predicted octanol–water partition coefficient (Wildman–Crippen LogP) is 3.64. The molecule has 1 aromatic carbocycles. The zero-order valence-corrected chi connectivity index (χ0v) is 11.8. The number of hydrogen-bond donors (Lipinski definition) is 1. The molecule has 0 aromatic heterocycles. The van der Waals surface area contributed by atoms with E-state index in [-0.39, 0.29) is 11.3 Å². The summed E-state index contributed by atoms with van der Waals surface area (Å²) in [6.45, 7) is 6.39. The molecule has 94 valence electrons. The lowest BCUT2D eigenvalue weighted by Crippen LogP contribution is -2.35.